The van der Waals surface area contributed by atoms with Gasteiger partial charge in [-0.2, -0.15) is 0 Å². The van der Waals surface area contributed by atoms with Crippen molar-refractivity contribution in [2.24, 2.45) is 0 Å². The molecule has 0 unspecified atom stereocenters. The molecule has 0 atom stereocenters. The van der Waals surface area contributed by atoms with Crippen molar-refractivity contribution in [3.63, 3.8) is 0 Å². The zero-order valence-corrected chi connectivity index (χ0v) is 19.3. The molecule has 8 rings (SSSR count). The van der Waals surface area contributed by atoms with Crippen LogP contribution in [0.4, 0.5) is 0 Å². The summed E-state index contributed by atoms with van der Waals surface area (Å²) in [6, 6.07) is -13.4. The van der Waals surface area contributed by atoms with Gasteiger partial charge in [0.15, 0.2) is 17.5 Å². The number of fused-ring (bicyclic) bond motifs is 8. The molecule has 0 amide bonds. The van der Waals surface area contributed by atoms with Gasteiger partial charge in [0, 0.05) is 32.8 Å². The number of para-hydroxylation sites is 1. The number of hydrogen-bond acceptors (Lipinski definition) is 4. The molecular weight excluding hydrogens is 478 g/mol. The zero-order valence-electron chi connectivity index (χ0n) is 39.3. The van der Waals surface area contributed by atoms with Crippen LogP contribution in [0.1, 0.15) is 27.4 Å². The van der Waals surface area contributed by atoms with E-state index in [2.05, 4.69) is 15.0 Å². The van der Waals surface area contributed by atoms with Crippen molar-refractivity contribution < 1.29 is 31.8 Å². The molecule has 39 heavy (non-hydrogen) atoms. The minimum Gasteiger partial charge on any atom is -0.455 e. The van der Waals surface area contributed by atoms with Crippen molar-refractivity contribution >= 4 is 43.5 Å². The molecule has 0 spiro atoms. The minimum absolute atomic E-state index is 0.0706. The first-order valence-electron chi connectivity index (χ1n) is 21.3. The number of furan rings is 1. The molecule has 0 aliphatic rings. The lowest BCUT2D eigenvalue weighted by molar-refractivity contribution is 0.673. The summed E-state index contributed by atoms with van der Waals surface area (Å²) in [5.41, 5.74) is -2.52. The normalized spacial score (nSPS) is 18.8. The highest BCUT2D eigenvalue weighted by atomic mass is 16.3. The molecule has 0 bridgehead atoms. The smallest absolute Gasteiger partial charge is 0.164 e. The highest BCUT2D eigenvalue weighted by Gasteiger charge is 2.18. The van der Waals surface area contributed by atoms with Crippen molar-refractivity contribution in [2.75, 3.05) is 0 Å². The first kappa shape index (κ1) is 9.75. The predicted octanol–water partition coefficient (Wildman–Crippen LogP) is 9.08. The average molecular weight is 520 g/mol. The Kier molecular flexibility index (Phi) is 2.15. The lowest BCUT2D eigenvalue weighted by atomic mass is 9.95. The summed E-state index contributed by atoms with van der Waals surface area (Å²) < 4.78 is 178. The number of benzene rings is 6. The summed E-state index contributed by atoms with van der Waals surface area (Å²) in [5.74, 6) is -2.13. The monoisotopic (exact) mass is 519 g/mol. The summed E-state index contributed by atoms with van der Waals surface area (Å²) in [4.78, 5) is 12.8. The van der Waals surface area contributed by atoms with Crippen LogP contribution in [0.2, 0.25) is 0 Å². The maximum Gasteiger partial charge on any atom is 0.164 e. The second kappa shape index (κ2) is 8.61. The molecule has 0 aliphatic carbocycles. The number of nitrogens with zero attached hydrogens (tertiary/aromatic N) is 3. The van der Waals surface area contributed by atoms with Gasteiger partial charge in [-0.05, 0) is 28.2 Å². The van der Waals surface area contributed by atoms with Crippen molar-refractivity contribution in [2.45, 2.75) is 0 Å². The van der Waals surface area contributed by atoms with Gasteiger partial charge in [0.1, 0.15) is 11.2 Å². The summed E-state index contributed by atoms with van der Waals surface area (Å²) in [5, 5.41) is -1.41. The van der Waals surface area contributed by atoms with Crippen LogP contribution < -0.4 is 0 Å². The van der Waals surface area contributed by atoms with Gasteiger partial charge >= 0.3 is 0 Å². The second-order valence-electron chi connectivity index (χ2n) is 8.14. The largest absolute Gasteiger partial charge is 0.455 e. The van der Waals surface area contributed by atoms with Crippen molar-refractivity contribution in [3.05, 3.63) is 127 Å². The van der Waals surface area contributed by atoms with E-state index in [1.54, 1.807) is 0 Å². The molecule has 0 saturated carbocycles. The van der Waals surface area contributed by atoms with E-state index in [4.69, 9.17) is 27.7 Å². The molecule has 0 N–H and O–H groups in total. The third-order valence-electron chi connectivity index (χ3n) is 5.94. The molecule has 2 heterocycles. The highest BCUT2D eigenvalue weighted by molar-refractivity contribution is 6.30. The molecule has 4 heteroatoms. The Morgan fingerprint density at radius 3 is 1.74 bits per heavy atom. The van der Waals surface area contributed by atoms with Gasteiger partial charge in [-0.15, -0.1) is 0 Å². The van der Waals surface area contributed by atoms with Gasteiger partial charge in [0.05, 0.1) is 27.4 Å². The van der Waals surface area contributed by atoms with E-state index in [9.17, 15) is 4.11 Å². The molecule has 4 nitrogen and oxygen atoms in total. The van der Waals surface area contributed by atoms with Gasteiger partial charge in [0.25, 0.3) is 0 Å². The van der Waals surface area contributed by atoms with E-state index < -0.39 is 155 Å². The fraction of sp³-hybridized carbons (Fsp3) is 0. The molecule has 2 aromatic heterocycles. The van der Waals surface area contributed by atoms with Crippen molar-refractivity contribution in [1.82, 2.24) is 15.0 Å². The fourth-order valence-electron chi connectivity index (χ4n) is 4.30. The number of hydrogen-bond donors (Lipinski definition) is 0. The van der Waals surface area contributed by atoms with Crippen LogP contribution in [0.3, 0.4) is 0 Å². The average Bonchev–Trinajstić information content (AvgIpc) is 3.61. The maximum absolute atomic E-state index is 9.68. The van der Waals surface area contributed by atoms with E-state index in [1.807, 2.05) is 0 Å². The summed E-state index contributed by atoms with van der Waals surface area (Å²) in [7, 11) is 0. The highest BCUT2D eigenvalue weighted by Crippen LogP contribution is 2.41. The molecule has 8 aromatic rings. The summed E-state index contributed by atoms with van der Waals surface area (Å²) in [6.45, 7) is 0. The van der Waals surface area contributed by atoms with E-state index in [0.717, 1.165) is 6.07 Å². The Morgan fingerprint density at radius 1 is 0.462 bits per heavy atom. The van der Waals surface area contributed by atoms with E-state index in [1.165, 1.54) is 0 Å². The number of aromatic nitrogens is 3. The minimum atomic E-state index is -0.816. The van der Waals surface area contributed by atoms with Crippen LogP contribution in [0.15, 0.2) is 131 Å². The SMILES string of the molecule is [2H]c1cc2c3oc4c([2H])c([2H])c([2H])c([2H])c4c3c3c([2H])c(-c4nc(-c5c([2H])c([2H])c([2H])c([2H])c5[2H])nc(-c5c([2H])c([2H])c([2H])c([2H])c5[2H])n4)c([2H])c([2H])c3c2c([2H])c1[2H]. The number of rotatable bonds is 3. The van der Waals surface area contributed by atoms with Crippen molar-refractivity contribution in [3.8, 4) is 34.2 Å². The van der Waals surface area contributed by atoms with Gasteiger partial charge in [-0.1, -0.05) is 115 Å². The van der Waals surface area contributed by atoms with E-state index in [0.29, 0.717) is 0 Å². The quantitative estimate of drug-likeness (QED) is 0.218. The molecule has 6 aromatic carbocycles. The molecule has 0 saturated heterocycles. The molecule has 182 valence electrons. The van der Waals surface area contributed by atoms with Gasteiger partial charge < -0.3 is 4.42 Å². The molecule has 0 radical (unpaired) electrons. The topological polar surface area (TPSA) is 51.8 Å². The van der Waals surface area contributed by atoms with E-state index in [-0.39, 0.29) is 43.5 Å². The Morgan fingerprint density at radius 2 is 1.03 bits per heavy atom. The van der Waals surface area contributed by atoms with Crippen LogP contribution in [0, 0.1) is 0 Å². The fourth-order valence-corrected chi connectivity index (χ4v) is 4.30. The summed E-state index contributed by atoms with van der Waals surface area (Å²) >= 11 is 0. The Labute approximate surface area is 252 Å². The van der Waals surface area contributed by atoms with Crippen molar-refractivity contribution in [1.29, 1.82) is 0 Å². The Hall–Kier alpha value is -5.35. The van der Waals surface area contributed by atoms with Gasteiger partial charge in [-0.3, -0.25) is 0 Å². The maximum atomic E-state index is 9.68. The van der Waals surface area contributed by atoms with Crippen LogP contribution in [0.5, 0.6) is 0 Å². The first-order chi connectivity index (χ1) is 27.6. The lowest BCUT2D eigenvalue weighted by Gasteiger charge is -2.11. The molecular formula is C35H21N3O. The third kappa shape index (κ3) is 3.50. The lowest BCUT2D eigenvalue weighted by Crippen LogP contribution is -2.00. The molecule has 0 aliphatic heterocycles. The van der Waals surface area contributed by atoms with Gasteiger partial charge in [-0.25, -0.2) is 15.0 Å². The van der Waals surface area contributed by atoms with Crippen LogP contribution >= 0.6 is 0 Å². The van der Waals surface area contributed by atoms with Crippen LogP contribution in [-0.2, 0) is 0 Å². The Balaban J connectivity index is 1.63. The van der Waals surface area contributed by atoms with Gasteiger partial charge in [0.2, 0.25) is 0 Å². The van der Waals surface area contributed by atoms with Crippen LogP contribution in [0.25, 0.3) is 77.6 Å². The first-order valence-corrected chi connectivity index (χ1v) is 11.3. The second-order valence-corrected chi connectivity index (χ2v) is 8.14. The summed E-state index contributed by atoms with van der Waals surface area (Å²) in [6.07, 6.45) is 0. The predicted molar refractivity (Wildman–Crippen MR) is 158 cm³/mol. The zero-order chi connectivity index (χ0) is 43.2. The van der Waals surface area contributed by atoms with E-state index >= 15 is 0 Å². The Bertz CT molecular complexity index is 3150. The standard InChI is InChI=1S/C35H21N3O/c1-3-11-22(12-4-1)33-36-34(23-13-5-2-6-14-23)38-35(37-33)24-19-20-26-25-15-7-8-16-27(25)32-31(29(26)21-24)28-17-9-10-18-30(28)39-32/h1-21H/i1D,2D,3D,4D,5D,6D,7D,8D,9D,10D,11D,12D,13D,14D,15D,17D,18D,19D,20D,21D. The van der Waals surface area contributed by atoms with Crippen LogP contribution in [-0.4, -0.2) is 15.0 Å². The third-order valence-corrected chi connectivity index (χ3v) is 5.94. The molecule has 0 fully saturated rings.